The van der Waals surface area contributed by atoms with Crippen molar-refractivity contribution in [3.8, 4) is 5.75 Å². The zero-order valence-electron chi connectivity index (χ0n) is 25.7. The van der Waals surface area contributed by atoms with Crippen LogP contribution in [0.5, 0.6) is 5.75 Å². The highest BCUT2D eigenvalue weighted by Crippen LogP contribution is 2.70. The van der Waals surface area contributed by atoms with Crippen LogP contribution in [-0.2, 0) is 19.9 Å². The predicted molar refractivity (Wildman–Crippen MR) is 160 cm³/mol. The van der Waals surface area contributed by atoms with Gasteiger partial charge < -0.3 is 9.47 Å². The van der Waals surface area contributed by atoms with Crippen LogP contribution in [0.25, 0.3) is 0 Å². The lowest BCUT2D eigenvalue weighted by atomic mass is 9.43. The molecule has 220 valence electrons. The highest BCUT2D eigenvalue weighted by molar-refractivity contribution is 5.92. The third kappa shape index (κ3) is 5.07. The summed E-state index contributed by atoms with van der Waals surface area (Å²) in [6.45, 7) is 8.80. The molecule has 4 aliphatic rings. The molecule has 0 saturated heterocycles. The molecule has 0 aliphatic heterocycles. The molecule has 0 aromatic heterocycles. The minimum atomic E-state index is -0.903. The molecule has 4 nitrogen and oxygen atoms in total. The lowest BCUT2D eigenvalue weighted by molar-refractivity contribution is -0.172. The number of esters is 1. The summed E-state index contributed by atoms with van der Waals surface area (Å²) in [6, 6.07) is 8.04. The van der Waals surface area contributed by atoms with Crippen LogP contribution in [0.2, 0.25) is 0 Å². The summed E-state index contributed by atoms with van der Waals surface area (Å²) in [5, 5.41) is 0. The van der Waals surface area contributed by atoms with E-state index in [1.807, 2.05) is 18.2 Å². The number of benzene rings is 1. The molecule has 0 radical (unpaired) electrons. The first-order chi connectivity index (χ1) is 19.2. The molecule has 0 N–H and O–H groups in total. The van der Waals surface area contributed by atoms with Gasteiger partial charge in [-0.15, -0.1) is 0 Å². The minimum absolute atomic E-state index is 0.148. The summed E-state index contributed by atoms with van der Waals surface area (Å²) in [5.74, 6) is 3.11. The van der Waals surface area contributed by atoms with E-state index in [1.165, 1.54) is 77.6 Å². The number of carbonyl (C=O) groups excluding carboxylic acids is 2. The molecule has 40 heavy (non-hydrogen) atoms. The second kappa shape index (κ2) is 11.6. The highest BCUT2D eigenvalue weighted by Gasteiger charge is 2.65. The van der Waals surface area contributed by atoms with Gasteiger partial charge in [0.05, 0.1) is 7.11 Å². The Morgan fingerprint density at radius 3 is 2.38 bits per heavy atom. The van der Waals surface area contributed by atoms with E-state index in [2.05, 4.69) is 32.9 Å². The van der Waals surface area contributed by atoms with Crippen LogP contribution in [0, 0.1) is 34.5 Å². The van der Waals surface area contributed by atoms with Gasteiger partial charge in [0.2, 0.25) is 0 Å². The number of hydrogen-bond acceptors (Lipinski definition) is 4. The molecule has 4 heteroatoms. The highest BCUT2D eigenvalue weighted by atomic mass is 16.6. The number of ketones is 1. The van der Waals surface area contributed by atoms with Crippen molar-refractivity contribution < 1.29 is 19.1 Å². The molecule has 5 rings (SSSR count). The summed E-state index contributed by atoms with van der Waals surface area (Å²) in [7, 11) is 1.67. The van der Waals surface area contributed by atoms with Crippen molar-refractivity contribution in [3.05, 3.63) is 41.5 Å². The van der Waals surface area contributed by atoms with E-state index in [0.29, 0.717) is 29.6 Å². The maximum absolute atomic E-state index is 12.9. The van der Waals surface area contributed by atoms with E-state index in [4.69, 9.17) is 9.47 Å². The molecule has 1 aromatic carbocycles. The fourth-order valence-corrected chi connectivity index (χ4v) is 9.97. The second-order valence-electron chi connectivity index (χ2n) is 14.0. The third-order valence-corrected chi connectivity index (χ3v) is 12.0. The molecular weight excluding hydrogens is 496 g/mol. The number of fused-ring (bicyclic) bond motifs is 5. The van der Waals surface area contributed by atoms with Crippen LogP contribution in [0.15, 0.2) is 35.9 Å². The minimum Gasteiger partial charge on any atom is -0.497 e. The Labute approximate surface area is 242 Å². The van der Waals surface area contributed by atoms with E-state index in [1.54, 1.807) is 7.11 Å². The van der Waals surface area contributed by atoms with Gasteiger partial charge in [-0.25, -0.2) is 0 Å². The first-order valence-corrected chi connectivity index (χ1v) is 16.3. The Morgan fingerprint density at radius 1 is 0.950 bits per heavy atom. The molecular formula is C36H52O4. The third-order valence-electron chi connectivity index (χ3n) is 12.0. The van der Waals surface area contributed by atoms with E-state index >= 15 is 0 Å². The van der Waals surface area contributed by atoms with Gasteiger partial charge in [-0.2, -0.15) is 0 Å². The van der Waals surface area contributed by atoms with Crippen molar-refractivity contribution in [2.45, 2.75) is 123 Å². The van der Waals surface area contributed by atoms with Crippen LogP contribution < -0.4 is 4.74 Å². The monoisotopic (exact) mass is 548 g/mol. The van der Waals surface area contributed by atoms with Gasteiger partial charge in [0.15, 0.2) is 11.4 Å². The van der Waals surface area contributed by atoms with Crippen LogP contribution in [-0.4, -0.2) is 18.9 Å². The summed E-state index contributed by atoms with van der Waals surface area (Å²) in [6.07, 6.45) is 18.7. The number of methoxy groups -OCH3 is 1. The van der Waals surface area contributed by atoms with Crippen molar-refractivity contribution in [2.24, 2.45) is 34.5 Å². The van der Waals surface area contributed by atoms with E-state index in [0.717, 1.165) is 35.6 Å². The summed E-state index contributed by atoms with van der Waals surface area (Å²) >= 11 is 0. The van der Waals surface area contributed by atoms with Gasteiger partial charge in [0.1, 0.15) is 5.75 Å². The van der Waals surface area contributed by atoms with Crippen LogP contribution in [0.4, 0.5) is 0 Å². The summed E-state index contributed by atoms with van der Waals surface area (Å²) in [5.41, 5.74) is 1.32. The Balaban J connectivity index is 1.49. The van der Waals surface area contributed by atoms with Gasteiger partial charge in [0.25, 0.3) is 0 Å². The maximum atomic E-state index is 12.9. The number of rotatable bonds is 10. The topological polar surface area (TPSA) is 52.6 Å². The van der Waals surface area contributed by atoms with Crippen LogP contribution in [0.1, 0.15) is 123 Å². The molecule has 4 unspecified atom stereocenters. The van der Waals surface area contributed by atoms with E-state index < -0.39 is 5.60 Å². The van der Waals surface area contributed by atoms with Crippen molar-refractivity contribution in [1.29, 1.82) is 0 Å². The number of carbonyl (C=O) groups is 2. The molecule has 3 fully saturated rings. The first-order valence-electron chi connectivity index (χ1n) is 16.3. The normalized spacial score (nSPS) is 36.7. The van der Waals surface area contributed by atoms with Crippen molar-refractivity contribution in [1.82, 2.24) is 0 Å². The standard InChI is InChI=1S/C36H52O4/c1-6-7-8-9-10-11-12-26-15-18-31-30-24-36(40-25(2)37,27-13-16-29(39-5)17-14-27)33-23-28(38)19-21-35(33,4)32(30)20-22-34(26,31)3/h13-14,16-17,23,26,30-32H,6-12,15,18-22,24H2,1-5H3/t26-,30?,31?,32?,34+,35+,36?/m0/s1. The largest absolute Gasteiger partial charge is 0.497 e. The molecule has 1 aromatic rings. The fourth-order valence-electron chi connectivity index (χ4n) is 9.97. The Morgan fingerprint density at radius 2 is 1.68 bits per heavy atom. The molecule has 4 aliphatic carbocycles. The molecule has 3 saturated carbocycles. The lowest BCUT2D eigenvalue weighted by Gasteiger charge is -2.62. The summed E-state index contributed by atoms with van der Waals surface area (Å²) in [4.78, 5) is 25.8. The van der Waals surface area contributed by atoms with Crippen LogP contribution in [0.3, 0.4) is 0 Å². The van der Waals surface area contributed by atoms with Gasteiger partial charge in [-0.3, -0.25) is 9.59 Å². The molecule has 0 spiro atoms. The first kappa shape index (κ1) is 29.4. The Hall–Kier alpha value is -2.10. The Kier molecular flexibility index (Phi) is 8.56. The zero-order chi connectivity index (χ0) is 28.5. The van der Waals surface area contributed by atoms with Gasteiger partial charge in [-0.05, 0) is 103 Å². The van der Waals surface area contributed by atoms with E-state index in [-0.39, 0.29) is 17.2 Å². The van der Waals surface area contributed by atoms with Gasteiger partial charge in [0, 0.05) is 18.9 Å². The fraction of sp³-hybridized carbons (Fsp3) is 0.722. The molecule has 7 atom stereocenters. The van der Waals surface area contributed by atoms with Crippen molar-refractivity contribution in [3.63, 3.8) is 0 Å². The number of unbranched alkanes of at least 4 members (excludes halogenated alkanes) is 5. The summed E-state index contributed by atoms with van der Waals surface area (Å²) < 4.78 is 12.0. The number of hydrogen-bond donors (Lipinski definition) is 0. The van der Waals surface area contributed by atoms with Crippen molar-refractivity contribution in [2.75, 3.05) is 7.11 Å². The van der Waals surface area contributed by atoms with Gasteiger partial charge >= 0.3 is 5.97 Å². The Bertz CT molecular complexity index is 1100. The van der Waals surface area contributed by atoms with E-state index in [9.17, 15) is 9.59 Å². The second-order valence-corrected chi connectivity index (χ2v) is 14.0. The van der Waals surface area contributed by atoms with Gasteiger partial charge in [-0.1, -0.05) is 71.4 Å². The van der Waals surface area contributed by atoms with Crippen molar-refractivity contribution >= 4 is 11.8 Å². The quantitative estimate of drug-likeness (QED) is 0.216. The lowest BCUT2D eigenvalue weighted by Crippen LogP contribution is -2.58. The van der Waals surface area contributed by atoms with Crippen LogP contribution >= 0.6 is 0 Å². The zero-order valence-corrected chi connectivity index (χ0v) is 25.7. The smallest absolute Gasteiger partial charge is 0.303 e. The SMILES string of the molecule is CCCCCCCC[C@H]1CCC2C3CC(OC(C)=O)(c4ccc(OC)cc4)C4=CC(=O)CC[C@]4(C)C3CC[C@@]21C. The average Bonchev–Trinajstić information content (AvgIpc) is 3.27. The molecule has 0 heterocycles. The molecule has 0 amide bonds. The average molecular weight is 549 g/mol. The predicted octanol–water partition coefficient (Wildman–Crippen LogP) is 8.96. The molecule has 0 bridgehead atoms. The number of ether oxygens (including phenoxy) is 2. The maximum Gasteiger partial charge on any atom is 0.303 e.